The molecule has 0 radical (unpaired) electrons. The summed E-state index contributed by atoms with van der Waals surface area (Å²) in [5, 5.41) is 0. The Kier molecular flexibility index (Phi) is 3.67. The summed E-state index contributed by atoms with van der Waals surface area (Å²) >= 11 is 0. The highest BCUT2D eigenvalue weighted by Crippen LogP contribution is 2.33. The van der Waals surface area contributed by atoms with Crippen LogP contribution in [-0.4, -0.2) is 43.8 Å². The minimum absolute atomic E-state index is 0.0715. The minimum atomic E-state index is -0.0715. The van der Waals surface area contributed by atoms with Gasteiger partial charge in [-0.15, -0.1) is 0 Å². The summed E-state index contributed by atoms with van der Waals surface area (Å²) < 4.78 is 0. The molecular formula is C21H17N5O. The molecule has 132 valence electrons. The van der Waals surface area contributed by atoms with Gasteiger partial charge < -0.3 is 9.88 Å². The second kappa shape index (κ2) is 6.32. The molecule has 0 unspecified atom stereocenters. The quantitative estimate of drug-likeness (QED) is 0.612. The van der Waals surface area contributed by atoms with Crippen LogP contribution in [0.3, 0.4) is 0 Å². The van der Waals surface area contributed by atoms with Crippen LogP contribution in [0.15, 0.2) is 67.1 Å². The number of aromatic nitrogens is 4. The van der Waals surface area contributed by atoms with E-state index in [2.05, 4.69) is 32.1 Å². The molecule has 4 aromatic rings. The van der Waals surface area contributed by atoms with Crippen molar-refractivity contribution in [3.8, 4) is 11.1 Å². The lowest BCUT2D eigenvalue weighted by atomic mass is 9.90. The van der Waals surface area contributed by atoms with Crippen molar-refractivity contribution in [1.82, 2.24) is 24.8 Å². The molecule has 0 atom stereocenters. The number of hydrogen-bond acceptors (Lipinski definition) is 4. The maximum Gasteiger partial charge on any atom is 0.289 e. The topological polar surface area (TPSA) is 74.8 Å². The lowest BCUT2D eigenvalue weighted by molar-refractivity contribution is 0.0588. The molecule has 5 rings (SSSR count). The Hall–Kier alpha value is -3.54. The fourth-order valence-electron chi connectivity index (χ4n) is 3.53. The molecule has 1 aliphatic heterocycles. The summed E-state index contributed by atoms with van der Waals surface area (Å²) in [6, 6.07) is 17.8. The monoisotopic (exact) mass is 355 g/mol. The number of carbonyl (C=O) groups is 1. The predicted octanol–water partition coefficient (Wildman–Crippen LogP) is 3.26. The van der Waals surface area contributed by atoms with Crippen LogP contribution in [0.4, 0.5) is 0 Å². The van der Waals surface area contributed by atoms with Crippen molar-refractivity contribution in [2.75, 3.05) is 13.1 Å². The predicted molar refractivity (Wildman–Crippen MR) is 102 cm³/mol. The summed E-state index contributed by atoms with van der Waals surface area (Å²) in [7, 11) is 0. The van der Waals surface area contributed by atoms with Crippen molar-refractivity contribution in [2.24, 2.45) is 0 Å². The highest BCUT2D eigenvalue weighted by molar-refractivity contribution is 5.94. The van der Waals surface area contributed by atoms with Crippen molar-refractivity contribution in [1.29, 1.82) is 0 Å². The van der Waals surface area contributed by atoms with Crippen molar-refractivity contribution in [3.63, 3.8) is 0 Å². The Morgan fingerprint density at radius 3 is 2.63 bits per heavy atom. The lowest BCUT2D eigenvalue weighted by Gasteiger charge is -2.39. The fourth-order valence-corrected chi connectivity index (χ4v) is 3.53. The number of hydrogen-bond donors (Lipinski definition) is 1. The zero-order valence-corrected chi connectivity index (χ0v) is 14.5. The first-order valence-electron chi connectivity index (χ1n) is 8.89. The van der Waals surface area contributed by atoms with Crippen molar-refractivity contribution in [3.05, 3.63) is 78.6 Å². The molecule has 3 heterocycles. The number of likely N-dealkylation sites (tertiary alicyclic amines) is 1. The Labute approximate surface area is 155 Å². The Morgan fingerprint density at radius 1 is 1.04 bits per heavy atom. The maximum atomic E-state index is 12.7. The van der Waals surface area contributed by atoms with Gasteiger partial charge >= 0.3 is 0 Å². The van der Waals surface area contributed by atoms with Gasteiger partial charge in [0.25, 0.3) is 5.91 Å². The maximum absolute atomic E-state index is 12.7. The van der Waals surface area contributed by atoms with E-state index in [0.29, 0.717) is 18.9 Å². The number of nitrogens with zero attached hydrogens (tertiary/aromatic N) is 4. The van der Waals surface area contributed by atoms with Gasteiger partial charge in [-0.05, 0) is 17.7 Å². The standard InChI is InChI=1S/C21H17N5O/c27-21(20-24-17-8-4-5-9-18(17)25-20)26-11-15(12-26)19-16(10-22-13-23-19)14-6-2-1-3-7-14/h1-10,13,15H,11-12H2,(H,24,25). The highest BCUT2D eigenvalue weighted by Gasteiger charge is 2.35. The van der Waals surface area contributed by atoms with Gasteiger partial charge in [0.05, 0.1) is 16.7 Å². The van der Waals surface area contributed by atoms with Crippen molar-refractivity contribution < 1.29 is 4.79 Å². The van der Waals surface area contributed by atoms with Gasteiger partial charge in [0.2, 0.25) is 0 Å². The van der Waals surface area contributed by atoms with Crippen LogP contribution >= 0.6 is 0 Å². The van der Waals surface area contributed by atoms with Gasteiger partial charge in [-0.2, -0.15) is 0 Å². The van der Waals surface area contributed by atoms with Gasteiger partial charge in [0.15, 0.2) is 5.82 Å². The molecule has 2 aromatic heterocycles. The van der Waals surface area contributed by atoms with Crippen LogP contribution in [0.25, 0.3) is 22.2 Å². The average molecular weight is 355 g/mol. The highest BCUT2D eigenvalue weighted by atomic mass is 16.2. The van der Waals surface area contributed by atoms with E-state index in [1.165, 1.54) is 0 Å². The number of rotatable bonds is 3. The first kappa shape index (κ1) is 15.7. The van der Waals surface area contributed by atoms with E-state index in [0.717, 1.165) is 27.9 Å². The van der Waals surface area contributed by atoms with Crippen LogP contribution < -0.4 is 0 Å². The molecule has 0 aliphatic carbocycles. The summed E-state index contributed by atoms with van der Waals surface area (Å²) in [5.74, 6) is 0.523. The van der Waals surface area contributed by atoms with E-state index >= 15 is 0 Å². The molecule has 0 spiro atoms. The zero-order valence-electron chi connectivity index (χ0n) is 14.5. The van der Waals surface area contributed by atoms with E-state index in [-0.39, 0.29) is 11.8 Å². The summed E-state index contributed by atoms with van der Waals surface area (Å²) in [6.45, 7) is 1.26. The number of aromatic amines is 1. The third-order valence-corrected chi connectivity index (χ3v) is 4.98. The third-order valence-electron chi connectivity index (χ3n) is 4.98. The van der Waals surface area contributed by atoms with Crippen LogP contribution in [0.2, 0.25) is 0 Å². The number of nitrogens with one attached hydrogen (secondary N) is 1. The number of amides is 1. The largest absolute Gasteiger partial charge is 0.335 e. The summed E-state index contributed by atoms with van der Waals surface area (Å²) in [4.78, 5) is 30.7. The normalized spacial score (nSPS) is 14.3. The van der Waals surface area contributed by atoms with Crippen LogP contribution in [0.5, 0.6) is 0 Å². The number of fused-ring (bicyclic) bond motifs is 1. The van der Waals surface area contributed by atoms with Crippen molar-refractivity contribution >= 4 is 16.9 Å². The molecule has 6 heteroatoms. The minimum Gasteiger partial charge on any atom is -0.335 e. The molecule has 2 aromatic carbocycles. The molecule has 1 aliphatic rings. The van der Waals surface area contributed by atoms with Gasteiger partial charge in [0, 0.05) is 30.8 Å². The average Bonchev–Trinajstić information content (AvgIpc) is 3.12. The molecule has 1 fully saturated rings. The number of para-hydroxylation sites is 2. The first-order valence-corrected chi connectivity index (χ1v) is 8.89. The number of H-pyrrole nitrogens is 1. The molecule has 1 saturated heterocycles. The third kappa shape index (κ3) is 2.75. The van der Waals surface area contributed by atoms with Gasteiger partial charge in [-0.3, -0.25) is 4.79 Å². The smallest absolute Gasteiger partial charge is 0.289 e. The van der Waals surface area contributed by atoms with Gasteiger partial charge in [-0.25, -0.2) is 15.0 Å². The molecule has 27 heavy (non-hydrogen) atoms. The van der Waals surface area contributed by atoms with Crippen molar-refractivity contribution in [2.45, 2.75) is 5.92 Å². The van der Waals surface area contributed by atoms with E-state index < -0.39 is 0 Å². The SMILES string of the molecule is O=C(c1nc2ccccc2[nH]1)N1CC(c2ncncc2-c2ccccc2)C1. The number of carbonyl (C=O) groups excluding carboxylic acids is 1. The van der Waals surface area contributed by atoms with Crippen LogP contribution in [0.1, 0.15) is 22.2 Å². The summed E-state index contributed by atoms with van der Waals surface area (Å²) in [5.41, 5.74) is 4.79. The molecule has 0 bridgehead atoms. The van der Waals surface area contributed by atoms with Crippen LogP contribution in [-0.2, 0) is 0 Å². The molecule has 0 saturated carbocycles. The fraction of sp³-hybridized carbons (Fsp3) is 0.143. The second-order valence-corrected chi connectivity index (χ2v) is 6.70. The zero-order chi connectivity index (χ0) is 18.2. The Balaban J connectivity index is 1.36. The van der Waals surface area contributed by atoms with Gasteiger partial charge in [0.1, 0.15) is 6.33 Å². The molecule has 6 nitrogen and oxygen atoms in total. The number of benzene rings is 2. The van der Waals surface area contributed by atoms with E-state index in [1.54, 1.807) is 11.2 Å². The molecular weight excluding hydrogens is 338 g/mol. The first-order chi connectivity index (χ1) is 13.3. The Bertz CT molecular complexity index is 1080. The molecule has 1 amide bonds. The van der Waals surface area contributed by atoms with E-state index in [4.69, 9.17) is 0 Å². The summed E-state index contributed by atoms with van der Waals surface area (Å²) in [6.07, 6.45) is 3.42. The van der Waals surface area contributed by atoms with Gasteiger partial charge in [-0.1, -0.05) is 42.5 Å². The van der Waals surface area contributed by atoms with E-state index in [1.807, 2.05) is 48.7 Å². The second-order valence-electron chi connectivity index (χ2n) is 6.70. The van der Waals surface area contributed by atoms with Crippen LogP contribution in [0, 0.1) is 0 Å². The number of imidazole rings is 1. The lowest BCUT2D eigenvalue weighted by Crippen LogP contribution is -2.49. The Morgan fingerprint density at radius 2 is 1.81 bits per heavy atom. The van der Waals surface area contributed by atoms with E-state index in [9.17, 15) is 4.79 Å². The molecule has 1 N–H and O–H groups in total.